The Bertz CT molecular complexity index is 488. The summed E-state index contributed by atoms with van der Waals surface area (Å²) in [5.41, 5.74) is 7.84. The molecule has 0 aliphatic carbocycles. The predicted octanol–water partition coefficient (Wildman–Crippen LogP) is 2.19. The molecule has 0 radical (unpaired) electrons. The maximum Gasteiger partial charge on any atom is 0.160 e. The largest absolute Gasteiger partial charge is 0.382 e. The summed E-state index contributed by atoms with van der Waals surface area (Å²) < 4.78 is 1.47. The van der Waals surface area contributed by atoms with E-state index in [0.29, 0.717) is 5.82 Å². The van der Waals surface area contributed by atoms with Crippen LogP contribution in [-0.2, 0) is 6.42 Å². The second-order valence-electron chi connectivity index (χ2n) is 4.11. The van der Waals surface area contributed by atoms with Crippen LogP contribution in [0.15, 0.2) is 30.3 Å². The molecule has 0 atom stereocenters. The van der Waals surface area contributed by atoms with Gasteiger partial charge in [0.1, 0.15) is 5.82 Å². The molecule has 17 heavy (non-hydrogen) atoms. The summed E-state index contributed by atoms with van der Waals surface area (Å²) in [5, 5.41) is 0. The molecule has 0 aliphatic rings. The van der Waals surface area contributed by atoms with Crippen LogP contribution < -0.4 is 11.6 Å². The van der Waals surface area contributed by atoms with Crippen LogP contribution in [0.3, 0.4) is 0 Å². The molecular weight excluding hydrogens is 212 g/mol. The minimum atomic E-state index is 0.567. The molecule has 2 rings (SSSR count). The molecule has 2 aromatic rings. The molecule has 1 aromatic carbocycles. The number of aromatic nitrogens is 2. The standard InChI is InChI=1S/C13H18N4/c1-2-3-9-11-12(14)17(15)13(16-11)10-7-5-4-6-8-10/h4-8H,2-3,9,14-15H2,1H3. The highest BCUT2D eigenvalue weighted by Gasteiger charge is 2.13. The number of aryl methyl sites for hydroxylation is 1. The molecule has 1 heterocycles. The van der Waals surface area contributed by atoms with Gasteiger partial charge in [-0.3, -0.25) is 0 Å². The number of hydrogen-bond acceptors (Lipinski definition) is 3. The fourth-order valence-corrected chi connectivity index (χ4v) is 1.81. The molecule has 0 spiro atoms. The van der Waals surface area contributed by atoms with Gasteiger partial charge in [0.2, 0.25) is 0 Å². The van der Waals surface area contributed by atoms with Gasteiger partial charge in [0, 0.05) is 5.56 Å². The quantitative estimate of drug-likeness (QED) is 0.791. The van der Waals surface area contributed by atoms with Gasteiger partial charge in [-0.25, -0.2) is 9.66 Å². The number of nitrogen functional groups attached to an aromatic ring is 2. The Hall–Kier alpha value is -1.97. The Labute approximate surface area is 101 Å². The summed E-state index contributed by atoms with van der Waals surface area (Å²) in [6.45, 7) is 2.15. The van der Waals surface area contributed by atoms with E-state index in [1.54, 1.807) is 0 Å². The van der Waals surface area contributed by atoms with Gasteiger partial charge in [0.15, 0.2) is 5.82 Å². The van der Waals surface area contributed by atoms with E-state index >= 15 is 0 Å². The Kier molecular flexibility index (Phi) is 3.32. The van der Waals surface area contributed by atoms with Crippen LogP contribution in [0.5, 0.6) is 0 Å². The highest BCUT2D eigenvalue weighted by Crippen LogP contribution is 2.22. The number of unbranched alkanes of at least 4 members (excludes halogenated alkanes) is 1. The van der Waals surface area contributed by atoms with Crippen LogP contribution in [0.1, 0.15) is 25.5 Å². The summed E-state index contributed by atoms with van der Waals surface area (Å²) in [7, 11) is 0. The lowest BCUT2D eigenvalue weighted by Gasteiger charge is -2.02. The lowest BCUT2D eigenvalue weighted by Crippen LogP contribution is -2.13. The number of benzene rings is 1. The van der Waals surface area contributed by atoms with Crippen LogP contribution >= 0.6 is 0 Å². The first kappa shape index (κ1) is 11.5. The zero-order chi connectivity index (χ0) is 12.3. The topological polar surface area (TPSA) is 69.9 Å². The zero-order valence-corrected chi connectivity index (χ0v) is 10.1. The van der Waals surface area contributed by atoms with E-state index in [1.807, 2.05) is 30.3 Å². The minimum absolute atomic E-state index is 0.567. The third-order valence-corrected chi connectivity index (χ3v) is 2.82. The first-order valence-corrected chi connectivity index (χ1v) is 5.91. The summed E-state index contributed by atoms with van der Waals surface area (Å²) in [4.78, 5) is 4.53. The van der Waals surface area contributed by atoms with E-state index in [9.17, 15) is 0 Å². The fraction of sp³-hybridized carbons (Fsp3) is 0.308. The molecule has 0 aliphatic heterocycles. The number of hydrogen-bond donors (Lipinski definition) is 2. The van der Waals surface area contributed by atoms with Crippen molar-refractivity contribution in [3.63, 3.8) is 0 Å². The highest BCUT2D eigenvalue weighted by atomic mass is 15.4. The first-order chi connectivity index (χ1) is 8.24. The molecule has 0 saturated heterocycles. The van der Waals surface area contributed by atoms with Gasteiger partial charge in [-0.15, -0.1) is 0 Å². The number of imidazole rings is 1. The van der Waals surface area contributed by atoms with Gasteiger partial charge in [-0.1, -0.05) is 43.7 Å². The number of anilines is 1. The van der Waals surface area contributed by atoms with Crippen molar-refractivity contribution in [3.8, 4) is 11.4 Å². The van der Waals surface area contributed by atoms with Crippen molar-refractivity contribution in [1.82, 2.24) is 9.66 Å². The van der Waals surface area contributed by atoms with E-state index in [0.717, 1.165) is 36.3 Å². The SMILES string of the molecule is CCCCc1nc(-c2ccccc2)n(N)c1N. The smallest absolute Gasteiger partial charge is 0.160 e. The Morgan fingerprint density at radius 1 is 1.24 bits per heavy atom. The molecule has 0 bridgehead atoms. The monoisotopic (exact) mass is 230 g/mol. The molecule has 0 fully saturated rings. The molecule has 1 aromatic heterocycles. The molecule has 0 unspecified atom stereocenters. The first-order valence-electron chi connectivity index (χ1n) is 5.91. The average molecular weight is 230 g/mol. The molecule has 4 nitrogen and oxygen atoms in total. The van der Waals surface area contributed by atoms with Crippen LogP contribution in [0.25, 0.3) is 11.4 Å². The van der Waals surface area contributed by atoms with Crippen molar-refractivity contribution in [2.45, 2.75) is 26.2 Å². The summed E-state index contributed by atoms with van der Waals surface area (Å²) in [6, 6.07) is 9.86. The lowest BCUT2D eigenvalue weighted by atomic mass is 10.2. The maximum atomic E-state index is 5.96. The van der Waals surface area contributed by atoms with E-state index in [4.69, 9.17) is 11.6 Å². The van der Waals surface area contributed by atoms with E-state index < -0.39 is 0 Å². The number of nitrogens with two attached hydrogens (primary N) is 2. The van der Waals surface area contributed by atoms with Crippen molar-refractivity contribution < 1.29 is 0 Å². The normalized spacial score (nSPS) is 10.6. The average Bonchev–Trinajstić information content (AvgIpc) is 2.65. The Morgan fingerprint density at radius 2 is 1.94 bits per heavy atom. The summed E-state index contributed by atoms with van der Waals surface area (Å²) in [6.07, 6.45) is 3.08. The van der Waals surface area contributed by atoms with E-state index in [-0.39, 0.29) is 0 Å². The molecular formula is C13H18N4. The molecule has 0 saturated carbocycles. The van der Waals surface area contributed by atoms with Gasteiger partial charge in [0.05, 0.1) is 5.69 Å². The summed E-state index contributed by atoms with van der Waals surface area (Å²) in [5.74, 6) is 7.23. The molecule has 4 heteroatoms. The van der Waals surface area contributed by atoms with Gasteiger partial charge in [0.25, 0.3) is 0 Å². The highest BCUT2D eigenvalue weighted by molar-refractivity contribution is 5.60. The molecule has 90 valence electrons. The third kappa shape index (κ3) is 2.25. The van der Waals surface area contributed by atoms with Crippen molar-refractivity contribution in [2.75, 3.05) is 11.6 Å². The van der Waals surface area contributed by atoms with Gasteiger partial charge < -0.3 is 11.6 Å². The number of rotatable bonds is 4. The van der Waals surface area contributed by atoms with Gasteiger partial charge >= 0.3 is 0 Å². The second-order valence-corrected chi connectivity index (χ2v) is 4.11. The van der Waals surface area contributed by atoms with Crippen LogP contribution in [0.4, 0.5) is 5.82 Å². The Balaban J connectivity index is 2.36. The molecule has 0 amide bonds. The van der Waals surface area contributed by atoms with E-state index in [1.165, 1.54) is 4.68 Å². The number of nitrogens with zero attached hydrogens (tertiary/aromatic N) is 2. The minimum Gasteiger partial charge on any atom is -0.382 e. The summed E-state index contributed by atoms with van der Waals surface area (Å²) >= 11 is 0. The van der Waals surface area contributed by atoms with Gasteiger partial charge in [-0.2, -0.15) is 0 Å². The van der Waals surface area contributed by atoms with Gasteiger partial charge in [-0.05, 0) is 12.8 Å². The third-order valence-electron chi connectivity index (χ3n) is 2.82. The second kappa shape index (κ2) is 4.91. The molecule has 4 N–H and O–H groups in total. The Morgan fingerprint density at radius 3 is 2.59 bits per heavy atom. The van der Waals surface area contributed by atoms with Crippen LogP contribution in [0, 0.1) is 0 Å². The maximum absolute atomic E-state index is 5.96. The van der Waals surface area contributed by atoms with E-state index in [2.05, 4.69) is 11.9 Å². The lowest BCUT2D eigenvalue weighted by molar-refractivity contribution is 0.782. The van der Waals surface area contributed by atoms with Crippen molar-refractivity contribution >= 4 is 5.82 Å². The van der Waals surface area contributed by atoms with Crippen molar-refractivity contribution in [2.24, 2.45) is 0 Å². The predicted molar refractivity (Wildman–Crippen MR) is 70.8 cm³/mol. The zero-order valence-electron chi connectivity index (χ0n) is 10.1. The van der Waals surface area contributed by atoms with Crippen molar-refractivity contribution in [3.05, 3.63) is 36.0 Å². The fourth-order valence-electron chi connectivity index (χ4n) is 1.81. The van der Waals surface area contributed by atoms with Crippen LogP contribution in [-0.4, -0.2) is 9.66 Å². The van der Waals surface area contributed by atoms with Crippen molar-refractivity contribution in [1.29, 1.82) is 0 Å². The van der Waals surface area contributed by atoms with Crippen LogP contribution in [0.2, 0.25) is 0 Å².